The predicted molar refractivity (Wildman–Crippen MR) is 59.8 cm³/mol. The number of hydrogen-bond acceptors (Lipinski definition) is 2. The van der Waals surface area contributed by atoms with Crippen molar-refractivity contribution in [3.63, 3.8) is 0 Å². The van der Waals surface area contributed by atoms with E-state index >= 15 is 0 Å². The van der Waals surface area contributed by atoms with Gasteiger partial charge in [-0.2, -0.15) is 0 Å². The van der Waals surface area contributed by atoms with Crippen molar-refractivity contribution in [2.45, 2.75) is 34.5 Å². The summed E-state index contributed by atoms with van der Waals surface area (Å²) in [6.07, 6.45) is 2.21. The fourth-order valence-electron chi connectivity index (χ4n) is 1.82. The second kappa shape index (κ2) is 2.98. The van der Waals surface area contributed by atoms with Crippen molar-refractivity contribution in [2.75, 3.05) is 13.2 Å². The number of rotatable bonds is 1. The fourth-order valence-corrected chi connectivity index (χ4v) is 6.99. The van der Waals surface area contributed by atoms with E-state index in [0.717, 1.165) is 13.2 Å². The van der Waals surface area contributed by atoms with Crippen molar-refractivity contribution in [1.29, 1.82) is 0 Å². The molecule has 0 unspecified atom stereocenters. The summed E-state index contributed by atoms with van der Waals surface area (Å²) >= 11 is -1.93. The van der Waals surface area contributed by atoms with E-state index < -0.39 is 18.4 Å². The van der Waals surface area contributed by atoms with Gasteiger partial charge < -0.3 is 0 Å². The van der Waals surface area contributed by atoms with E-state index in [0.29, 0.717) is 0 Å². The second-order valence-electron chi connectivity index (χ2n) is 6.22. The molecule has 14 heavy (non-hydrogen) atoms. The third-order valence-corrected chi connectivity index (χ3v) is 8.81. The number of ether oxygens (including phenoxy) is 2. The zero-order valence-electron chi connectivity index (χ0n) is 9.81. The van der Waals surface area contributed by atoms with Crippen molar-refractivity contribution >= 4 is 18.4 Å². The van der Waals surface area contributed by atoms with Crippen LogP contribution in [-0.4, -0.2) is 37.4 Å². The van der Waals surface area contributed by atoms with Gasteiger partial charge in [0, 0.05) is 0 Å². The van der Waals surface area contributed by atoms with E-state index in [9.17, 15) is 0 Å². The monoisotopic (exact) mass is 304 g/mol. The first-order valence-electron chi connectivity index (χ1n) is 5.27. The van der Waals surface area contributed by atoms with Crippen molar-refractivity contribution in [1.82, 2.24) is 0 Å². The molecule has 0 saturated carbocycles. The summed E-state index contributed by atoms with van der Waals surface area (Å²) in [5, 5.41) is 0. The maximum absolute atomic E-state index is 5.87. The summed E-state index contributed by atoms with van der Waals surface area (Å²) in [5.74, 6) is -0.330. The molecule has 0 aromatic rings. The van der Waals surface area contributed by atoms with Crippen molar-refractivity contribution in [2.24, 2.45) is 5.41 Å². The Labute approximate surface area is 90.5 Å². The number of hydrogen-bond donors (Lipinski definition) is 0. The summed E-state index contributed by atoms with van der Waals surface area (Å²) in [4.78, 5) is 7.21. The molecular weight excluding hydrogens is 283 g/mol. The van der Waals surface area contributed by atoms with Gasteiger partial charge in [-0.05, 0) is 0 Å². The van der Waals surface area contributed by atoms with Gasteiger partial charge in [0.2, 0.25) is 0 Å². The third-order valence-electron chi connectivity index (χ3n) is 2.79. The molecule has 0 amide bonds. The normalized spacial score (nSPS) is 28.8. The minimum absolute atomic E-state index is 0.181. The van der Waals surface area contributed by atoms with Crippen LogP contribution >= 0.6 is 0 Å². The first-order valence-corrected chi connectivity index (χ1v) is 15.3. The molecule has 1 saturated heterocycles. The van der Waals surface area contributed by atoms with Crippen molar-refractivity contribution in [3.05, 3.63) is 9.67 Å². The Morgan fingerprint density at radius 2 is 1.64 bits per heavy atom. The van der Waals surface area contributed by atoms with E-state index in [-0.39, 0.29) is 11.2 Å². The van der Waals surface area contributed by atoms with Crippen LogP contribution in [0.5, 0.6) is 0 Å². The molecule has 0 radical (unpaired) electrons. The molecule has 2 nitrogen and oxygen atoms in total. The molecule has 0 N–H and O–H groups in total. The standard InChI is InChI=1S/C8H11O2.3CH3.Sn/c1-7(2)5-9-8(3-4-8)10-6-7;;;;/h3H,5-6H2,1-2H3;3*1H3;. The summed E-state index contributed by atoms with van der Waals surface area (Å²) < 4.78 is 13.2. The topological polar surface area (TPSA) is 18.5 Å². The Bertz CT molecular complexity index is 276. The molecule has 1 spiro atoms. The van der Waals surface area contributed by atoms with Gasteiger partial charge in [0.15, 0.2) is 0 Å². The van der Waals surface area contributed by atoms with Gasteiger partial charge in [0.05, 0.1) is 0 Å². The maximum atomic E-state index is 5.87. The third kappa shape index (κ3) is 1.89. The quantitative estimate of drug-likeness (QED) is 0.693. The van der Waals surface area contributed by atoms with Gasteiger partial charge in [0.1, 0.15) is 0 Å². The fraction of sp³-hybridized carbons (Fsp3) is 0.818. The molecule has 1 aliphatic carbocycles. The predicted octanol–water partition coefficient (Wildman–Crippen LogP) is 2.57. The molecule has 1 aliphatic heterocycles. The van der Waals surface area contributed by atoms with Crippen molar-refractivity contribution in [3.8, 4) is 0 Å². The van der Waals surface area contributed by atoms with Gasteiger partial charge in [0.25, 0.3) is 0 Å². The molecule has 1 heterocycles. The van der Waals surface area contributed by atoms with Gasteiger partial charge in [-0.1, -0.05) is 0 Å². The molecule has 3 heteroatoms. The van der Waals surface area contributed by atoms with Crippen molar-refractivity contribution < 1.29 is 9.47 Å². The van der Waals surface area contributed by atoms with E-state index in [4.69, 9.17) is 9.47 Å². The molecule has 1 fully saturated rings. The van der Waals surface area contributed by atoms with Crippen LogP contribution in [0.4, 0.5) is 0 Å². The van der Waals surface area contributed by atoms with E-state index in [1.54, 1.807) is 0 Å². The second-order valence-corrected chi connectivity index (χ2v) is 20.6. The van der Waals surface area contributed by atoms with Crippen LogP contribution in [0.25, 0.3) is 0 Å². The Kier molecular flexibility index (Phi) is 2.34. The average Bonchev–Trinajstić information content (AvgIpc) is 2.72. The molecule has 0 aromatic carbocycles. The minimum atomic E-state index is -1.93. The van der Waals surface area contributed by atoms with Crippen LogP contribution < -0.4 is 0 Å². The molecule has 2 aliphatic rings. The van der Waals surface area contributed by atoms with Crippen LogP contribution in [0.15, 0.2) is 9.67 Å². The van der Waals surface area contributed by atoms with E-state index in [1.807, 2.05) is 0 Å². The molecule has 0 bridgehead atoms. The molecule has 2 rings (SSSR count). The molecule has 0 aromatic heterocycles. The molecule has 80 valence electrons. The van der Waals surface area contributed by atoms with Gasteiger partial charge >= 0.3 is 90.6 Å². The molecule has 0 atom stereocenters. The Hall–Kier alpha value is 0.459. The SMILES string of the molecule is CC1(C)COC2(C=[C]2[Sn]([CH3])([CH3])[CH3])OC1. The summed E-state index contributed by atoms with van der Waals surface area (Å²) in [5.41, 5.74) is 0.181. The summed E-state index contributed by atoms with van der Waals surface area (Å²) in [6.45, 7) is 5.99. The zero-order valence-corrected chi connectivity index (χ0v) is 12.7. The summed E-state index contributed by atoms with van der Waals surface area (Å²) in [7, 11) is 0. The van der Waals surface area contributed by atoms with Gasteiger partial charge in [-0.25, -0.2) is 0 Å². The van der Waals surface area contributed by atoms with Crippen LogP contribution in [0, 0.1) is 5.41 Å². The zero-order chi connectivity index (χ0) is 10.6. The van der Waals surface area contributed by atoms with Gasteiger partial charge in [-0.15, -0.1) is 0 Å². The van der Waals surface area contributed by atoms with Gasteiger partial charge in [-0.3, -0.25) is 0 Å². The first-order chi connectivity index (χ1) is 6.25. The Morgan fingerprint density at radius 1 is 1.14 bits per heavy atom. The van der Waals surface area contributed by atoms with Crippen LogP contribution in [0.1, 0.15) is 13.8 Å². The summed E-state index contributed by atoms with van der Waals surface area (Å²) in [6, 6.07) is 0. The Morgan fingerprint density at radius 3 is 2.00 bits per heavy atom. The molecular formula is C11H20O2Sn. The van der Waals surface area contributed by atoms with E-state index in [2.05, 4.69) is 34.7 Å². The van der Waals surface area contributed by atoms with Crippen LogP contribution in [-0.2, 0) is 9.47 Å². The van der Waals surface area contributed by atoms with Crippen LogP contribution in [0.2, 0.25) is 14.8 Å². The van der Waals surface area contributed by atoms with E-state index in [1.165, 1.54) is 3.59 Å². The Balaban J connectivity index is 2.00. The van der Waals surface area contributed by atoms with Crippen LogP contribution in [0.3, 0.4) is 0 Å². The first kappa shape index (κ1) is 11.0. The average molecular weight is 303 g/mol.